The van der Waals surface area contributed by atoms with Gasteiger partial charge in [-0.15, -0.1) is 0 Å². The first kappa shape index (κ1) is 15.6. The van der Waals surface area contributed by atoms with E-state index >= 15 is 0 Å². The summed E-state index contributed by atoms with van der Waals surface area (Å²) >= 11 is 0. The maximum Gasteiger partial charge on any atom is 0.354 e. The maximum absolute atomic E-state index is 11.7. The predicted molar refractivity (Wildman–Crippen MR) is 82.4 cm³/mol. The second kappa shape index (κ2) is 6.30. The Kier molecular flexibility index (Phi) is 4.45. The van der Waals surface area contributed by atoms with Gasteiger partial charge in [-0.2, -0.15) is 0 Å². The summed E-state index contributed by atoms with van der Waals surface area (Å²) < 4.78 is 8.33. The van der Waals surface area contributed by atoms with Gasteiger partial charge in [-0.25, -0.2) is 4.79 Å². The lowest BCUT2D eigenvalue weighted by Gasteiger charge is -2.01. The third-order valence-electron chi connectivity index (χ3n) is 3.20. The highest BCUT2D eigenvalue weighted by molar-refractivity contribution is 5.89. The topological polar surface area (TPSA) is 79.3 Å². The molecule has 0 radical (unpaired) electrons. The molecule has 7 nitrogen and oxygen atoms in total. The lowest BCUT2D eigenvalue weighted by Crippen LogP contribution is -2.08. The molecule has 0 unspecified atom stereocenters. The van der Waals surface area contributed by atoms with E-state index in [0.29, 0.717) is 18.0 Å². The second-order valence-corrected chi connectivity index (χ2v) is 4.81. The summed E-state index contributed by atoms with van der Waals surface area (Å²) in [6.45, 7) is 2.08. The lowest BCUT2D eigenvalue weighted by atomic mass is 10.2. The average Bonchev–Trinajstić information content (AvgIpc) is 3.00. The molecule has 2 heterocycles. The molecule has 7 heteroatoms. The molecule has 0 aliphatic heterocycles. The van der Waals surface area contributed by atoms with Crippen LogP contribution in [0.3, 0.4) is 0 Å². The molecule has 2 aromatic rings. The van der Waals surface area contributed by atoms with Crippen molar-refractivity contribution in [2.45, 2.75) is 6.92 Å². The molecule has 0 aromatic carbocycles. The predicted octanol–water partition coefficient (Wildman–Crippen LogP) is 2.62. The Bertz CT molecular complexity index is 740. The molecule has 0 aliphatic rings. The molecule has 0 bridgehead atoms. The van der Waals surface area contributed by atoms with Gasteiger partial charge in [0.2, 0.25) is 0 Å². The first-order valence-electron chi connectivity index (χ1n) is 6.74. The summed E-state index contributed by atoms with van der Waals surface area (Å²) in [6.07, 6.45) is 6.80. The first-order chi connectivity index (χ1) is 10.4. The van der Waals surface area contributed by atoms with Crippen molar-refractivity contribution in [3.8, 4) is 0 Å². The van der Waals surface area contributed by atoms with Crippen LogP contribution in [0.4, 0.5) is 5.69 Å². The van der Waals surface area contributed by atoms with Crippen molar-refractivity contribution < 1.29 is 14.5 Å². The largest absolute Gasteiger partial charge is 0.461 e. The Balaban J connectivity index is 2.22. The fourth-order valence-electron chi connectivity index (χ4n) is 2.10. The Morgan fingerprint density at radius 2 is 2.00 bits per heavy atom. The molecular weight excluding hydrogens is 286 g/mol. The molecule has 0 N–H and O–H groups in total. The summed E-state index contributed by atoms with van der Waals surface area (Å²) in [6, 6.07) is 3.21. The van der Waals surface area contributed by atoms with Gasteiger partial charge in [0.25, 0.3) is 5.69 Å². The van der Waals surface area contributed by atoms with Crippen LogP contribution < -0.4 is 0 Å². The number of carbonyl (C=O) groups is 1. The maximum atomic E-state index is 11.7. The number of aryl methyl sites for hydroxylation is 2. The number of nitro groups is 1. The zero-order valence-electron chi connectivity index (χ0n) is 12.6. The van der Waals surface area contributed by atoms with Crippen molar-refractivity contribution in [3.05, 3.63) is 51.6 Å². The number of nitrogens with zero attached hydrogens (tertiary/aromatic N) is 3. The van der Waals surface area contributed by atoms with Gasteiger partial charge in [-0.1, -0.05) is 6.08 Å². The van der Waals surface area contributed by atoms with Crippen molar-refractivity contribution in [2.24, 2.45) is 14.1 Å². The van der Waals surface area contributed by atoms with Crippen molar-refractivity contribution in [1.29, 1.82) is 0 Å². The van der Waals surface area contributed by atoms with E-state index in [2.05, 4.69) is 0 Å². The zero-order chi connectivity index (χ0) is 16.3. The Morgan fingerprint density at radius 3 is 2.59 bits per heavy atom. The van der Waals surface area contributed by atoms with Crippen molar-refractivity contribution in [3.63, 3.8) is 0 Å². The van der Waals surface area contributed by atoms with Crippen LogP contribution in [0, 0.1) is 10.1 Å². The molecule has 0 spiro atoms. The highest BCUT2D eigenvalue weighted by Crippen LogP contribution is 2.18. The van der Waals surface area contributed by atoms with Gasteiger partial charge in [-0.3, -0.25) is 10.1 Å². The lowest BCUT2D eigenvalue weighted by molar-refractivity contribution is -0.384. The van der Waals surface area contributed by atoms with Gasteiger partial charge < -0.3 is 13.9 Å². The molecule has 0 fully saturated rings. The molecule has 0 amide bonds. The summed E-state index contributed by atoms with van der Waals surface area (Å²) in [4.78, 5) is 22.0. The number of aromatic nitrogens is 2. The third kappa shape index (κ3) is 3.25. The Morgan fingerprint density at radius 1 is 1.27 bits per heavy atom. The van der Waals surface area contributed by atoms with E-state index in [0.717, 1.165) is 5.56 Å². The van der Waals surface area contributed by atoms with E-state index in [1.165, 1.54) is 12.3 Å². The van der Waals surface area contributed by atoms with Crippen molar-refractivity contribution in [2.75, 3.05) is 6.61 Å². The van der Waals surface area contributed by atoms with Crippen LogP contribution in [0.2, 0.25) is 0 Å². The standard InChI is InChI=1S/C15H17N3O4/c1-4-22-15(19)14-7-11(9-17(14)3)5-6-12-8-13(18(20)21)10-16(12)2/h5-10H,4H2,1-3H3/b6-5+. The summed E-state index contributed by atoms with van der Waals surface area (Å²) in [5.74, 6) is -0.376. The minimum atomic E-state index is -0.432. The molecule has 22 heavy (non-hydrogen) atoms. The van der Waals surface area contributed by atoms with Crippen LogP contribution in [0.25, 0.3) is 12.2 Å². The Labute approximate surface area is 127 Å². The normalized spacial score (nSPS) is 11.0. The van der Waals surface area contributed by atoms with Gasteiger partial charge in [-0.05, 0) is 24.6 Å². The molecule has 2 rings (SSSR count). The minimum absolute atomic E-state index is 0.0439. The van der Waals surface area contributed by atoms with Crippen LogP contribution in [0.15, 0.2) is 24.5 Å². The van der Waals surface area contributed by atoms with Crippen LogP contribution >= 0.6 is 0 Å². The third-order valence-corrected chi connectivity index (χ3v) is 3.20. The number of carbonyl (C=O) groups excluding carboxylic acids is 1. The van der Waals surface area contributed by atoms with Gasteiger partial charge in [0.05, 0.1) is 17.7 Å². The van der Waals surface area contributed by atoms with E-state index in [-0.39, 0.29) is 11.7 Å². The van der Waals surface area contributed by atoms with E-state index in [1.807, 2.05) is 0 Å². The van der Waals surface area contributed by atoms with Crippen molar-refractivity contribution in [1.82, 2.24) is 9.13 Å². The minimum Gasteiger partial charge on any atom is -0.461 e. The summed E-state index contributed by atoms with van der Waals surface area (Å²) in [5, 5.41) is 10.7. The smallest absolute Gasteiger partial charge is 0.354 e. The summed E-state index contributed by atoms with van der Waals surface area (Å²) in [5.41, 5.74) is 2.02. The van der Waals surface area contributed by atoms with Gasteiger partial charge >= 0.3 is 5.97 Å². The van der Waals surface area contributed by atoms with E-state index in [1.54, 1.807) is 54.6 Å². The fourth-order valence-corrected chi connectivity index (χ4v) is 2.10. The molecule has 0 aliphatic carbocycles. The quantitative estimate of drug-likeness (QED) is 0.483. The summed E-state index contributed by atoms with van der Waals surface area (Å²) in [7, 11) is 3.50. The molecule has 2 aromatic heterocycles. The number of esters is 1. The highest BCUT2D eigenvalue weighted by Gasteiger charge is 2.12. The van der Waals surface area contributed by atoms with Gasteiger partial charge in [0.15, 0.2) is 0 Å². The number of hydrogen-bond acceptors (Lipinski definition) is 4. The van der Waals surface area contributed by atoms with Crippen LogP contribution in [0.5, 0.6) is 0 Å². The average molecular weight is 303 g/mol. The number of rotatable bonds is 5. The zero-order valence-corrected chi connectivity index (χ0v) is 12.6. The molecular formula is C15H17N3O4. The monoisotopic (exact) mass is 303 g/mol. The van der Waals surface area contributed by atoms with Crippen molar-refractivity contribution >= 4 is 23.8 Å². The highest BCUT2D eigenvalue weighted by atomic mass is 16.6. The SMILES string of the molecule is CCOC(=O)c1cc(/C=C/c2cc([N+](=O)[O-])cn2C)cn1C. The molecule has 116 valence electrons. The number of hydrogen-bond donors (Lipinski definition) is 0. The molecule has 0 saturated carbocycles. The fraction of sp³-hybridized carbons (Fsp3) is 0.267. The van der Waals surface area contributed by atoms with Crippen LogP contribution in [-0.2, 0) is 18.8 Å². The number of ether oxygens (including phenoxy) is 1. The Hall–Kier alpha value is -2.83. The van der Waals surface area contributed by atoms with Crippen LogP contribution in [0.1, 0.15) is 28.7 Å². The van der Waals surface area contributed by atoms with E-state index in [9.17, 15) is 14.9 Å². The molecule has 0 saturated heterocycles. The molecule has 0 atom stereocenters. The van der Waals surface area contributed by atoms with E-state index in [4.69, 9.17) is 4.74 Å². The first-order valence-corrected chi connectivity index (χ1v) is 6.74. The van der Waals surface area contributed by atoms with E-state index < -0.39 is 4.92 Å². The van der Waals surface area contributed by atoms with Crippen LogP contribution in [-0.4, -0.2) is 26.6 Å². The van der Waals surface area contributed by atoms with Gasteiger partial charge in [0, 0.05) is 32.1 Å². The second-order valence-electron chi connectivity index (χ2n) is 4.81. The van der Waals surface area contributed by atoms with Gasteiger partial charge in [0.1, 0.15) is 5.69 Å².